The van der Waals surface area contributed by atoms with E-state index in [9.17, 15) is 0 Å². The van der Waals surface area contributed by atoms with E-state index in [2.05, 4.69) is 27.7 Å². The van der Waals surface area contributed by atoms with Crippen LogP contribution in [0.25, 0.3) is 0 Å². The molecule has 1 rings (SSSR count). The van der Waals surface area contributed by atoms with Gasteiger partial charge in [-0.1, -0.05) is 47.0 Å². The van der Waals surface area contributed by atoms with Crippen LogP contribution in [0.1, 0.15) is 66.2 Å². The lowest BCUT2D eigenvalue weighted by Gasteiger charge is -2.38. The maximum Gasteiger partial charge on any atom is 0.0777 e. The van der Waals surface area contributed by atoms with E-state index in [1.54, 1.807) is 0 Å². The summed E-state index contributed by atoms with van der Waals surface area (Å²) in [5.41, 5.74) is 6.34. The summed E-state index contributed by atoms with van der Waals surface area (Å²) in [7, 11) is 0. The van der Waals surface area contributed by atoms with E-state index in [0.717, 1.165) is 6.42 Å². The molecule has 1 saturated carbocycles. The highest BCUT2D eigenvalue weighted by atomic mass is 16.5. The van der Waals surface area contributed by atoms with Gasteiger partial charge in [-0.2, -0.15) is 0 Å². The first-order chi connectivity index (χ1) is 7.45. The molecule has 1 aliphatic carbocycles. The van der Waals surface area contributed by atoms with Gasteiger partial charge in [-0.05, 0) is 24.7 Å². The van der Waals surface area contributed by atoms with Crippen molar-refractivity contribution in [2.24, 2.45) is 11.1 Å². The van der Waals surface area contributed by atoms with E-state index in [0.29, 0.717) is 6.10 Å². The van der Waals surface area contributed by atoms with Gasteiger partial charge in [0.2, 0.25) is 0 Å². The zero-order valence-corrected chi connectivity index (χ0v) is 11.5. The van der Waals surface area contributed by atoms with Crippen LogP contribution in [0.4, 0.5) is 0 Å². The summed E-state index contributed by atoms with van der Waals surface area (Å²) in [4.78, 5) is 0. The van der Waals surface area contributed by atoms with Crippen molar-refractivity contribution in [3.05, 3.63) is 0 Å². The van der Waals surface area contributed by atoms with Gasteiger partial charge in [0.1, 0.15) is 0 Å². The SMILES string of the molecule is CCC(N)C(OC1CCCCC1)C(C)(C)C. The second-order valence-corrected chi connectivity index (χ2v) is 6.25. The third kappa shape index (κ3) is 4.06. The van der Waals surface area contributed by atoms with Gasteiger partial charge in [0.25, 0.3) is 0 Å². The molecule has 0 bridgehead atoms. The van der Waals surface area contributed by atoms with Crippen molar-refractivity contribution in [3.8, 4) is 0 Å². The Morgan fingerprint density at radius 1 is 1.19 bits per heavy atom. The second kappa shape index (κ2) is 6.02. The average Bonchev–Trinajstić information content (AvgIpc) is 2.25. The number of hydrogen-bond donors (Lipinski definition) is 1. The molecule has 2 N–H and O–H groups in total. The molecule has 0 amide bonds. The average molecular weight is 227 g/mol. The largest absolute Gasteiger partial charge is 0.373 e. The smallest absolute Gasteiger partial charge is 0.0777 e. The minimum atomic E-state index is 0.146. The van der Waals surface area contributed by atoms with Gasteiger partial charge in [0.15, 0.2) is 0 Å². The number of rotatable bonds is 4. The molecule has 2 atom stereocenters. The molecule has 0 saturated heterocycles. The number of ether oxygens (including phenoxy) is 1. The summed E-state index contributed by atoms with van der Waals surface area (Å²) in [6, 6.07) is 0.168. The second-order valence-electron chi connectivity index (χ2n) is 6.25. The summed E-state index contributed by atoms with van der Waals surface area (Å²) in [6.45, 7) is 8.84. The Morgan fingerprint density at radius 3 is 2.19 bits per heavy atom. The lowest BCUT2D eigenvalue weighted by molar-refractivity contribution is -0.0902. The first-order valence-electron chi connectivity index (χ1n) is 6.86. The summed E-state index contributed by atoms with van der Waals surface area (Å²) in [5, 5.41) is 0. The Balaban J connectivity index is 2.55. The van der Waals surface area contributed by atoms with Crippen LogP contribution in [0, 0.1) is 5.41 Å². The van der Waals surface area contributed by atoms with Crippen molar-refractivity contribution in [2.45, 2.75) is 84.5 Å². The maximum atomic E-state index is 6.28. The Morgan fingerprint density at radius 2 is 1.75 bits per heavy atom. The summed E-state index contributed by atoms with van der Waals surface area (Å²) >= 11 is 0. The van der Waals surface area contributed by atoms with Crippen LogP contribution in [-0.4, -0.2) is 18.2 Å². The zero-order chi connectivity index (χ0) is 12.2. The van der Waals surface area contributed by atoms with Crippen molar-refractivity contribution >= 4 is 0 Å². The molecule has 1 fully saturated rings. The molecule has 16 heavy (non-hydrogen) atoms. The molecule has 0 aromatic carbocycles. The van der Waals surface area contributed by atoms with Gasteiger partial charge in [-0.25, -0.2) is 0 Å². The van der Waals surface area contributed by atoms with Crippen molar-refractivity contribution < 1.29 is 4.74 Å². The molecule has 2 nitrogen and oxygen atoms in total. The first kappa shape index (κ1) is 14.0. The topological polar surface area (TPSA) is 35.2 Å². The van der Waals surface area contributed by atoms with Crippen molar-refractivity contribution in [3.63, 3.8) is 0 Å². The minimum Gasteiger partial charge on any atom is -0.373 e. The fourth-order valence-electron chi connectivity index (χ4n) is 2.57. The van der Waals surface area contributed by atoms with E-state index in [1.807, 2.05) is 0 Å². The predicted octanol–water partition coefficient (Wildman–Crippen LogP) is 3.49. The third-order valence-electron chi connectivity index (χ3n) is 3.61. The molecule has 0 spiro atoms. The Bertz CT molecular complexity index is 191. The summed E-state index contributed by atoms with van der Waals surface area (Å²) in [6.07, 6.45) is 8.11. The standard InChI is InChI=1S/C14H29NO/c1-5-12(15)13(14(2,3)4)16-11-9-7-6-8-10-11/h11-13H,5-10,15H2,1-4H3. The van der Waals surface area contributed by atoms with Gasteiger partial charge < -0.3 is 10.5 Å². The van der Waals surface area contributed by atoms with Gasteiger partial charge in [0, 0.05) is 6.04 Å². The molecular formula is C14H29NO. The minimum absolute atomic E-state index is 0.146. The lowest BCUT2D eigenvalue weighted by Crippen LogP contribution is -2.47. The molecule has 1 aliphatic rings. The Hall–Kier alpha value is -0.0800. The third-order valence-corrected chi connectivity index (χ3v) is 3.61. The van der Waals surface area contributed by atoms with Crippen LogP contribution in [0.15, 0.2) is 0 Å². The maximum absolute atomic E-state index is 6.28. The van der Waals surface area contributed by atoms with Crippen molar-refractivity contribution in [1.82, 2.24) is 0 Å². The van der Waals surface area contributed by atoms with E-state index < -0.39 is 0 Å². The molecule has 0 heterocycles. The molecule has 0 aromatic rings. The molecule has 0 aliphatic heterocycles. The number of hydrogen-bond acceptors (Lipinski definition) is 2. The van der Waals surface area contributed by atoms with Crippen molar-refractivity contribution in [1.29, 1.82) is 0 Å². The first-order valence-corrected chi connectivity index (χ1v) is 6.86. The van der Waals surface area contributed by atoms with Gasteiger partial charge in [-0.3, -0.25) is 0 Å². The highest BCUT2D eigenvalue weighted by molar-refractivity contribution is 4.85. The van der Waals surface area contributed by atoms with E-state index >= 15 is 0 Å². The van der Waals surface area contributed by atoms with Crippen LogP contribution < -0.4 is 5.73 Å². The van der Waals surface area contributed by atoms with Crippen LogP contribution in [0.2, 0.25) is 0 Å². The molecular weight excluding hydrogens is 198 g/mol. The van der Waals surface area contributed by atoms with E-state index in [4.69, 9.17) is 10.5 Å². The Labute approximate surface area is 101 Å². The molecule has 96 valence electrons. The molecule has 2 heteroatoms. The summed E-state index contributed by atoms with van der Waals surface area (Å²) in [5.74, 6) is 0. The highest BCUT2D eigenvalue weighted by Crippen LogP contribution is 2.30. The van der Waals surface area contributed by atoms with Crippen LogP contribution in [0.5, 0.6) is 0 Å². The van der Waals surface area contributed by atoms with Crippen molar-refractivity contribution in [2.75, 3.05) is 0 Å². The fraction of sp³-hybridized carbons (Fsp3) is 1.00. The quantitative estimate of drug-likeness (QED) is 0.798. The normalized spacial score (nSPS) is 23.1. The zero-order valence-electron chi connectivity index (χ0n) is 11.5. The van der Waals surface area contributed by atoms with E-state index in [1.165, 1.54) is 32.1 Å². The summed E-state index contributed by atoms with van der Waals surface area (Å²) < 4.78 is 6.28. The molecule has 0 aromatic heterocycles. The van der Waals surface area contributed by atoms with Crippen LogP contribution in [0.3, 0.4) is 0 Å². The van der Waals surface area contributed by atoms with Crippen LogP contribution >= 0.6 is 0 Å². The van der Waals surface area contributed by atoms with Gasteiger partial charge in [-0.15, -0.1) is 0 Å². The monoisotopic (exact) mass is 227 g/mol. The molecule has 2 unspecified atom stereocenters. The fourth-order valence-corrected chi connectivity index (χ4v) is 2.57. The lowest BCUT2D eigenvalue weighted by atomic mass is 9.83. The molecule has 0 radical (unpaired) electrons. The Kier molecular flexibility index (Phi) is 5.26. The van der Waals surface area contributed by atoms with Crippen LogP contribution in [-0.2, 0) is 4.74 Å². The predicted molar refractivity (Wildman–Crippen MR) is 69.5 cm³/mol. The highest BCUT2D eigenvalue weighted by Gasteiger charge is 2.32. The van der Waals surface area contributed by atoms with Gasteiger partial charge in [0.05, 0.1) is 12.2 Å². The van der Waals surface area contributed by atoms with E-state index in [-0.39, 0.29) is 17.6 Å². The number of nitrogens with two attached hydrogens (primary N) is 1. The van der Waals surface area contributed by atoms with Gasteiger partial charge >= 0.3 is 0 Å².